The standard InChI is InChI=1S/C16H10O2/c17-16-15-11(9-18-16)6-7-13-12-4-2-1-3-10(12)5-8-14(13)15/h1-8H,9H2. The zero-order valence-corrected chi connectivity index (χ0v) is 9.64. The lowest BCUT2D eigenvalue weighted by molar-refractivity contribution is 0.0536. The molecule has 1 aliphatic heterocycles. The summed E-state index contributed by atoms with van der Waals surface area (Å²) in [4.78, 5) is 11.8. The number of fused-ring (bicyclic) bond motifs is 5. The largest absolute Gasteiger partial charge is 0.457 e. The van der Waals surface area contributed by atoms with Gasteiger partial charge in [0.25, 0.3) is 0 Å². The fourth-order valence-electron chi connectivity index (χ4n) is 2.71. The molecule has 0 amide bonds. The van der Waals surface area contributed by atoms with Crippen molar-refractivity contribution >= 4 is 27.5 Å². The zero-order valence-electron chi connectivity index (χ0n) is 9.64. The number of cyclic esters (lactones) is 1. The Morgan fingerprint density at radius 2 is 1.67 bits per heavy atom. The summed E-state index contributed by atoms with van der Waals surface area (Å²) in [5, 5.41) is 4.48. The van der Waals surface area contributed by atoms with Crippen LogP contribution in [0.25, 0.3) is 21.5 Å². The lowest BCUT2D eigenvalue weighted by Crippen LogP contribution is -1.95. The molecule has 3 aromatic rings. The SMILES string of the molecule is O=C1OCc2ccc3c(ccc4ccccc43)c21. The van der Waals surface area contributed by atoms with E-state index in [1.165, 1.54) is 10.8 Å². The molecule has 1 heterocycles. The quantitative estimate of drug-likeness (QED) is 0.438. The van der Waals surface area contributed by atoms with E-state index in [9.17, 15) is 4.79 Å². The van der Waals surface area contributed by atoms with E-state index < -0.39 is 0 Å². The summed E-state index contributed by atoms with van der Waals surface area (Å²) in [5.41, 5.74) is 1.72. The molecule has 2 heteroatoms. The molecule has 0 fully saturated rings. The van der Waals surface area contributed by atoms with Gasteiger partial charge in [0.2, 0.25) is 0 Å². The molecule has 0 aliphatic carbocycles. The highest BCUT2D eigenvalue weighted by atomic mass is 16.5. The van der Waals surface area contributed by atoms with Gasteiger partial charge >= 0.3 is 5.97 Å². The maximum absolute atomic E-state index is 11.8. The van der Waals surface area contributed by atoms with E-state index >= 15 is 0 Å². The highest BCUT2D eigenvalue weighted by Crippen LogP contribution is 2.32. The maximum Gasteiger partial charge on any atom is 0.339 e. The normalized spacial score (nSPS) is 13.9. The molecule has 2 nitrogen and oxygen atoms in total. The van der Waals surface area contributed by atoms with Crippen LogP contribution in [0, 0.1) is 0 Å². The van der Waals surface area contributed by atoms with Crippen LogP contribution >= 0.6 is 0 Å². The predicted octanol–water partition coefficient (Wildman–Crippen LogP) is 3.66. The van der Waals surface area contributed by atoms with E-state index in [1.54, 1.807) is 0 Å². The van der Waals surface area contributed by atoms with Crippen LogP contribution in [0.3, 0.4) is 0 Å². The number of hydrogen-bond donors (Lipinski definition) is 0. The van der Waals surface area contributed by atoms with Crippen molar-refractivity contribution in [2.75, 3.05) is 0 Å². The van der Waals surface area contributed by atoms with E-state index in [2.05, 4.69) is 24.3 Å². The highest BCUT2D eigenvalue weighted by Gasteiger charge is 2.23. The molecule has 0 N–H and O–H groups in total. The van der Waals surface area contributed by atoms with Crippen LogP contribution in [0.5, 0.6) is 0 Å². The van der Waals surface area contributed by atoms with Gasteiger partial charge in [0.15, 0.2) is 0 Å². The van der Waals surface area contributed by atoms with Gasteiger partial charge in [0, 0.05) is 5.56 Å². The summed E-state index contributed by atoms with van der Waals surface area (Å²) >= 11 is 0. The second-order valence-electron chi connectivity index (χ2n) is 4.56. The Morgan fingerprint density at radius 3 is 2.61 bits per heavy atom. The summed E-state index contributed by atoms with van der Waals surface area (Å²) in [7, 11) is 0. The van der Waals surface area contributed by atoms with E-state index in [1.807, 2.05) is 24.3 Å². The van der Waals surface area contributed by atoms with Crippen LogP contribution in [-0.4, -0.2) is 5.97 Å². The Labute approximate surface area is 104 Å². The third kappa shape index (κ3) is 1.15. The summed E-state index contributed by atoms with van der Waals surface area (Å²) in [6.07, 6.45) is 0. The van der Waals surface area contributed by atoms with Crippen molar-refractivity contribution < 1.29 is 9.53 Å². The third-order valence-electron chi connectivity index (χ3n) is 3.58. The molecule has 0 aromatic heterocycles. The Bertz CT molecular complexity index is 803. The average molecular weight is 234 g/mol. The Morgan fingerprint density at radius 1 is 0.833 bits per heavy atom. The molecule has 18 heavy (non-hydrogen) atoms. The lowest BCUT2D eigenvalue weighted by Gasteiger charge is -2.06. The van der Waals surface area contributed by atoms with Crippen LogP contribution in [-0.2, 0) is 11.3 Å². The van der Waals surface area contributed by atoms with Crippen molar-refractivity contribution in [1.82, 2.24) is 0 Å². The van der Waals surface area contributed by atoms with Crippen molar-refractivity contribution in [2.45, 2.75) is 6.61 Å². The third-order valence-corrected chi connectivity index (χ3v) is 3.58. The number of benzene rings is 3. The number of carbonyl (C=O) groups is 1. The van der Waals surface area contributed by atoms with E-state index in [4.69, 9.17) is 4.74 Å². The number of rotatable bonds is 0. The summed E-state index contributed by atoms with van der Waals surface area (Å²) in [6, 6.07) is 16.4. The van der Waals surface area contributed by atoms with Gasteiger partial charge in [-0.1, -0.05) is 48.5 Å². The molecular formula is C16H10O2. The number of esters is 1. The number of ether oxygens (including phenoxy) is 1. The smallest absolute Gasteiger partial charge is 0.339 e. The van der Waals surface area contributed by atoms with E-state index in [0.717, 1.165) is 21.9 Å². The zero-order chi connectivity index (χ0) is 12.1. The molecule has 1 aliphatic rings. The highest BCUT2D eigenvalue weighted by molar-refractivity contribution is 6.15. The second-order valence-corrected chi connectivity index (χ2v) is 4.56. The topological polar surface area (TPSA) is 26.3 Å². The predicted molar refractivity (Wildman–Crippen MR) is 70.6 cm³/mol. The minimum atomic E-state index is -0.203. The molecular weight excluding hydrogens is 224 g/mol. The molecule has 0 unspecified atom stereocenters. The fraction of sp³-hybridized carbons (Fsp3) is 0.0625. The second kappa shape index (κ2) is 3.33. The molecule has 0 spiro atoms. The fourth-order valence-corrected chi connectivity index (χ4v) is 2.71. The molecule has 86 valence electrons. The Kier molecular flexibility index (Phi) is 1.78. The summed E-state index contributed by atoms with van der Waals surface area (Å²) < 4.78 is 5.10. The summed E-state index contributed by atoms with van der Waals surface area (Å²) in [5.74, 6) is -0.203. The molecule has 0 radical (unpaired) electrons. The van der Waals surface area contributed by atoms with E-state index in [-0.39, 0.29) is 5.97 Å². The number of hydrogen-bond acceptors (Lipinski definition) is 2. The first-order chi connectivity index (χ1) is 8.84. The Balaban J connectivity index is 2.23. The average Bonchev–Trinajstić information content (AvgIpc) is 2.80. The van der Waals surface area contributed by atoms with Crippen molar-refractivity contribution in [3.8, 4) is 0 Å². The van der Waals surface area contributed by atoms with Gasteiger partial charge in [-0.2, -0.15) is 0 Å². The summed E-state index contributed by atoms with van der Waals surface area (Å²) in [6.45, 7) is 0.400. The molecule has 0 bridgehead atoms. The molecule has 0 saturated carbocycles. The minimum absolute atomic E-state index is 0.203. The van der Waals surface area contributed by atoms with Gasteiger partial charge in [0.1, 0.15) is 6.61 Å². The van der Waals surface area contributed by atoms with E-state index in [0.29, 0.717) is 6.61 Å². The van der Waals surface area contributed by atoms with Crippen LogP contribution in [0.15, 0.2) is 48.5 Å². The van der Waals surface area contributed by atoms with Crippen LogP contribution in [0.4, 0.5) is 0 Å². The van der Waals surface area contributed by atoms with Crippen molar-refractivity contribution in [2.24, 2.45) is 0 Å². The molecule has 0 saturated heterocycles. The van der Waals surface area contributed by atoms with Gasteiger partial charge in [-0.25, -0.2) is 4.79 Å². The monoisotopic (exact) mass is 234 g/mol. The molecule has 0 atom stereocenters. The first-order valence-corrected chi connectivity index (χ1v) is 5.95. The lowest BCUT2D eigenvalue weighted by atomic mass is 9.96. The van der Waals surface area contributed by atoms with Crippen LogP contribution in [0.1, 0.15) is 15.9 Å². The van der Waals surface area contributed by atoms with Gasteiger partial charge in [-0.05, 0) is 21.5 Å². The van der Waals surface area contributed by atoms with Crippen LogP contribution < -0.4 is 0 Å². The van der Waals surface area contributed by atoms with Gasteiger partial charge in [-0.3, -0.25) is 0 Å². The van der Waals surface area contributed by atoms with Crippen LogP contribution in [0.2, 0.25) is 0 Å². The van der Waals surface area contributed by atoms with Gasteiger partial charge in [0.05, 0.1) is 5.56 Å². The van der Waals surface area contributed by atoms with Gasteiger partial charge < -0.3 is 4.74 Å². The maximum atomic E-state index is 11.8. The first kappa shape index (κ1) is 9.66. The van der Waals surface area contributed by atoms with Crippen molar-refractivity contribution in [1.29, 1.82) is 0 Å². The Hall–Kier alpha value is -2.35. The molecule has 4 rings (SSSR count). The molecule has 3 aromatic carbocycles. The van der Waals surface area contributed by atoms with Crippen molar-refractivity contribution in [3.63, 3.8) is 0 Å². The van der Waals surface area contributed by atoms with Gasteiger partial charge in [-0.15, -0.1) is 0 Å². The first-order valence-electron chi connectivity index (χ1n) is 5.95. The number of carbonyl (C=O) groups excluding carboxylic acids is 1. The minimum Gasteiger partial charge on any atom is -0.457 e. The van der Waals surface area contributed by atoms with Crippen molar-refractivity contribution in [3.05, 3.63) is 59.7 Å².